The van der Waals surface area contributed by atoms with E-state index < -0.39 is 0 Å². The number of fused-ring (bicyclic) bond motifs is 1. The van der Waals surface area contributed by atoms with E-state index in [2.05, 4.69) is 10.1 Å². The molecule has 5 rings (SSSR count). The van der Waals surface area contributed by atoms with E-state index in [0.29, 0.717) is 44.0 Å². The Morgan fingerprint density at radius 2 is 1.97 bits per heavy atom. The van der Waals surface area contributed by atoms with Crippen molar-refractivity contribution in [2.45, 2.75) is 6.92 Å². The topological polar surface area (TPSA) is 86.7 Å². The number of benzene rings is 2. The number of thiazole rings is 1. The zero-order valence-electron chi connectivity index (χ0n) is 17.3. The minimum atomic E-state index is -0.365. The van der Waals surface area contributed by atoms with Crippen molar-refractivity contribution < 1.29 is 13.9 Å². The summed E-state index contributed by atoms with van der Waals surface area (Å²) < 4.78 is 12.6. The first-order valence-electron chi connectivity index (χ1n) is 10.1. The van der Waals surface area contributed by atoms with E-state index in [9.17, 15) is 9.59 Å². The largest absolute Gasteiger partial charge is 0.462 e. The number of halogens is 1. The highest BCUT2D eigenvalue weighted by atomic mass is 35.5. The first-order chi connectivity index (χ1) is 16.0. The number of nitrogens with zero attached hydrogens (tertiary/aromatic N) is 3. The van der Waals surface area contributed by atoms with E-state index in [1.807, 2.05) is 18.2 Å². The normalized spacial score (nSPS) is 11.9. The number of hydrogen-bond donors (Lipinski definition) is 0. The number of carbonyl (C=O) groups excluding carboxylic acids is 1. The van der Waals surface area contributed by atoms with Crippen LogP contribution in [0, 0.1) is 0 Å². The monoisotopic (exact) mass is 477 g/mol. The van der Waals surface area contributed by atoms with Gasteiger partial charge in [0.15, 0.2) is 5.82 Å². The predicted octanol–water partition coefficient (Wildman–Crippen LogP) is 4.46. The van der Waals surface area contributed by atoms with E-state index >= 15 is 0 Å². The van der Waals surface area contributed by atoms with Gasteiger partial charge in [0.1, 0.15) is 16.1 Å². The molecule has 0 radical (unpaired) electrons. The SMILES string of the molecule is CCOC(=O)c1ccc(-c2ccc(/C=c3\sc4nc(-c5cccc(Cl)c5)nn4c3=O)o2)cc1. The average molecular weight is 478 g/mol. The molecule has 0 atom stereocenters. The third-order valence-corrected chi connectivity index (χ3v) is 6.04. The lowest BCUT2D eigenvalue weighted by atomic mass is 10.1. The molecule has 0 saturated heterocycles. The number of ether oxygens (including phenoxy) is 1. The minimum absolute atomic E-state index is 0.271. The van der Waals surface area contributed by atoms with Crippen LogP contribution in [0.15, 0.2) is 69.9 Å². The number of esters is 1. The Morgan fingerprint density at radius 1 is 1.15 bits per heavy atom. The zero-order valence-corrected chi connectivity index (χ0v) is 18.9. The van der Waals surface area contributed by atoms with Gasteiger partial charge >= 0.3 is 5.97 Å². The summed E-state index contributed by atoms with van der Waals surface area (Å²) in [5.41, 5.74) is 1.75. The Labute approximate surface area is 196 Å². The maximum Gasteiger partial charge on any atom is 0.338 e. The number of aromatic nitrogens is 3. The molecule has 0 aliphatic carbocycles. The van der Waals surface area contributed by atoms with Gasteiger partial charge < -0.3 is 9.15 Å². The van der Waals surface area contributed by atoms with Crippen LogP contribution in [0.1, 0.15) is 23.0 Å². The fraction of sp³-hybridized carbons (Fsp3) is 0.0833. The average Bonchev–Trinajstić information content (AvgIpc) is 3.52. The fourth-order valence-electron chi connectivity index (χ4n) is 3.28. The van der Waals surface area contributed by atoms with Crippen molar-refractivity contribution in [1.29, 1.82) is 0 Å². The fourth-order valence-corrected chi connectivity index (χ4v) is 4.36. The summed E-state index contributed by atoms with van der Waals surface area (Å²) in [4.78, 5) is 29.6. The Kier molecular flexibility index (Phi) is 5.53. The van der Waals surface area contributed by atoms with Crippen molar-refractivity contribution in [2.75, 3.05) is 6.61 Å². The highest BCUT2D eigenvalue weighted by Gasteiger charge is 2.13. The van der Waals surface area contributed by atoms with Crippen molar-refractivity contribution in [1.82, 2.24) is 14.6 Å². The van der Waals surface area contributed by atoms with Crippen molar-refractivity contribution in [2.24, 2.45) is 0 Å². The minimum Gasteiger partial charge on any atom is -0.462 e. The van der Waals surface area contributed by atoms with Crippen LogP contribution in [0.2, 0.25) is 5.02 Å². The van der Waals surface area contributed by atoms with Crippen LogP contribution in [0.4, 0.5) is 0 Å². The summed E-state index contributed by atoms with van der Waals surface area (Å²) in [5.74, 6) is 1.22. The Morgan fingerprint density at radius 3 is 2.70 bits per heavy atom. The van der Waals surface area contributed by atoms with Gasteiger partial charge in [-0.1, -0.05) is 47.2 Å². The molecule has 7 nitrogen and oxygen atoms in total. The van der Waals surface area contributed by atoms with E-state index in [4.69, 9.17) is 20.8 Å². The van der Waals surface area contributed by atoms with Crippen LogP contribution in [0.3, 0.4) is 0 Å². The van der Waals surface area contributed by atoms with Crippen molar-refractivity contribution in [3.8, 4) is 22.7 Å². The second-order valence-electron chi connectivity index (χ2n) is 7.06. The van der Waals surface area contributed by atoms with Gasteiger partial charge in [-0.3, -0.25) is 4.79 Å². The molecule has 0 saturated carbocycles. The van der Waals surface area contributed by atoms with Gasteiger partial charge in [-0.15, -0.1) is 5.10 Å². The standard InChI is InChI=1S/C24H16ClN3O4S/c1-2-31-23(30)15-8-6-14(7-9-15)19-11-10-18(32-19)13-20-22(29)28-24(33-20)26-21(27-28)16-4-3-5-17(25)12-16/h3-13H,2H2,1H3/b20-13-. The molecule has 3 aromatic heterocycles. The summed E-state index contributed by atoms with van der Waals surface area (Å²) in [6, 6.07) is 17.7. The van der Waals surface area contributed by atoms with Gasteiger partial charge in [-0.2, -0.15) is 9.50 Å². The van der Waals surface area contributed by atoms with E-state index in [1.165, 1.54) is 15.9 Å². The Balaban J connectivity index is 1.43. The quantitative estimate of drug-likeness (QED) is 0.347. The highest BCUT2D eigenvalue weighted by molar-refractivity contribution is 7.15. The Hall–Kier alpha value is -3.75. The van der Waals surface area contributed by atoms with Crippen LogP contribution in [-0.4, -0.2) is 27.2 Å². The summed E-state index contributed by atoms with van der Waals surface area (Å²) in [7, 11) is 0. The first-order valence-corrected chi connectivity index (χ1v) is 11.3. The molecule has 0 spiro atoms. The molecule has 0 unspecified atom stereocenters. The zero-order chi connectivity index (χ0) is 22.9. The molecule has 5 aromatic rings. The lowest BCUT2D eigenvalue weighted by Crippen LogP contribution is -2.23. The summed E-state index contributed by atoms with van der Waals surface area (Å²) in [5, 5.41) is 4.91. The molecular weight excluding hydrogens is 462 g/mol. The molecule has 164 valence electrons. The predicted molar refractivity (Wildman–Crippen MR) is 126 cm³/mol. The molecule has 0 N–H and O–H groups in total. The molecule has 33 heavy (non-hydrogen) atoms. The number of carbonyl (C=O) groups is 1. The number of furan rings is 1. The Bertz CT molecular complexity index is 1580. The van der Waals surface area contributed by atoms with E-state index in [1.54, 1.807) is 55.5 Å². The van der Waals surface area contributed by atoms with E-state index in [0.717, 1.165) is 11.1 Å². The van der Waals surface area contributed by atoms with Gasteiger partial charge in [-0.05, 0) is 43.3 Å². The van der Waals surface area contributed by atoms with Crippen LogP contribution in [-0.2, 0) is 4.74 Å². The number of rotatable bonds is 5. The van der Waals surface area contributed by atoms with Crippen LogP contribution < -0.4 is 10.1 Å². The van der Waals surface area contributed by atoms with E-state index in [-0.39, 0.29) is 11.5 Å². The molecule has 9 heteroatoms. The van der Waals surface area contributed by atoms with Gasteiger partial charge in [0.25, 0.3) is 5.56 Å². The smallest absolute Gasteiger partial charge is 0.338 e. The third kappa shape index (κ3) is 4.18. The molecule has 0 aliphatic rings. The molecule has 0 bridgehead atoms. The summed E-state index contributed by atoms with van der Waals surface area (Å²) in [6.45, 7) is 2.09. The molecular formula is C24H16ClN3O4S. The van der Waals surface area contributed by atoms with Crippen molar-refractivity contribution >= 4 is 39.9 Å². The highest BCUT2D eigenvalue weighted by Crippen LogP contribution is 2.24. The molecule has 0 amide bonds. The first kappa shape index (κ1) is 21.1. The lowest BCUT2D eigenvalue weighted by Gasteiger charge is -2.02. The van der Waals surface area contributed by atoms with Crippen LogP contribution in [0.25, 0.3) is 33.7 Å². The van der Waals surface area contributed by atoms with Gasteiger partial charge in [0.05, 0.1) is 12.2 Å². The van der Waals surface area contributed by atoms with Crippen molar-refractivity contribution in [3.63, 3.8) is 0 Å². The molecule has 0 fully saturated rings. The molecule has 2 aromatic carbocycles. The third-order valence-electron chi connectivity index (χ3n) is 4.85. The van der Waals surface area contributed by atoms with Gasteiger partial charge in [0, 0.05) is 22.2 Å². The maximum atomic E-state index is 12.8. The van der Waals surface area contributed by atoms with Gasteiger partial charge in [0.2, 0.25) is 4.96 Å². The molecule has 3 heterocycles. The van der Waals surface area contributed by atoms with Gasteiger partial charge in [-0.25, -0.2) is 4.79 Å². The second kappa shape index (κ2) is 8.65. The lowest BCUT2D eigenvalue weighted by molar-refractivity contribution is 0.0526. The maximum absolute atomic E-state index is 12.8. The van der Waals surface area contributed by atoms with Crippen LogP contribution >= 0.6 is 22.9 Å². The summed E-state index contributed by atoms with van der Waals surface area (Å²) >= 11 is 7.27. The number of hydrogen-bond acceptors (Lipinski definition) is 7. The second-order valence-corrected chi connectivity index (χ2v) is 8.50. The van der Waals surface area contributed by atoms with Crippen molar-refractivity contribution in [3.05, 3.63) is 91.9 Å². The summed E-state index contributed by atoms with van der Waals surface area (Å²) in [6.07, 6.45) is 1.67. The molecule has 0 aliphatic heterocycles. The van der Waals surface area contributed by atoms with Crippen LogP contribution in [0.5, 0.6) is 0 Å².